The van der Waals surface area contributed by atoms with Gasteiger partial charge in [-0.25, -0.2) is 0 Å². The van der Waals surface area contributed by atoms with Crippen molar-refractivity contribution in [3.05, 3.63) is 22.4 Å². The van der Waals surface area contributed by atoms with Crippen LogP contribution in [0.25, 0.3) is 0 Å². The maximum absolute atomic E-state index is 12.4. The zero-order valence-corrected chi connectivity index (χ0v) is 12.7. The first-order valence-corrected chi connectivity index (χ1v) is 8.60. The standard InChI is InChI=1S/C16H23NO2S/c18-16(5-1-3-15-4-2-10-20-15)17(14-6-7-14)11-13-8-9-19-12-13/h2,4,10,13-14H,1,3,5-9,11-12H2/t13-/m1/s1. The van der Waals surface area contributed by atoms with E-state index in [0.717, 1.165) is 39.0 Å². The second-order valence-corrected chi connectivity index (χ2v) is 6.97. The van der Waals surface area contributed by atoms with E-state index in [0.29, 0.717) is 24.3 Å². The molecule has 3 nitrogen and oxygen atoms in total. The Balaban J connectivity index is 1.45. The first-order valence-electron chi connectivity index (χ1n) is 7.72. The first kappa shape index (κ1) is 14.1. The molecule has 1 saturated heterocycles. The Morgan fingerprint density at radius 2 is 2.30 bits per heavy atom. The van der Waals surface area contributed by atoms with Gasteiger partial charge >= 0.3 is 0 Å². The number of ether oxygens (including phenoxy) is 1. The molecule has 1 amide bonds. The molecule has 2 heterocycles. The Labute approximate surface area is 124 Å². The van der Waals surface area contributed by atoms with Gasteiger partial charge < -0.3 is 9.64 Å². The lowest BCUT2D eigenvalue weighted by Crippen LogP contribution is -2.37. The van der Waals surface area contributed by atoms with E-state index in [1.165, 1.54) is 17.7 Å². The number of thiophene rings is 1. The fourth-order valence-corrected chi connectivity index (χ4v) is 3.61. The van der Waals surface area contributed by atoms with Gasteiger partial charge in [0.15, 0.2) is 0 Å². The van der Waals surface area contributed by atoms with Crippen molar-refractivity contribution in [2.24, 2.45) is 5.92 Å². The second kappa shape index (κ2) is 6.72. The van der Waals surface area contributed by atoms with E-state index in [1.807, 2.05) is 0 Å². The molecule has 2 aliphatic rings. The molecule has 0 spiro atoms. The number of hydrogen-bond donors (Lipinski definition) is 0. The van der Waals surface area contributed by atoms with Crippen LogP contribution in [0.4, 0.5) is 0 Å². The summed E-state index contributed by atoms with van der Waals surface area (Å²) < 4.78 is 5.43. The summed E-state index contributed by atoms with van der Waals surface area (Å²) in [6.45, 7) is 2.63. The topological polar surface area (TPSA) is 29.5 Å². The zero-order chi connectivity index (χ0) is 13.8. The van der Waals surface area contributed by atoms with E-state index in [4.69, 9.17) is 4.74 Å². The van der Waals surface area contributed by atoms with Crippen molar-refractivity contribution >= 4 is 17.2 Å². The molecule has 1 aromatic rings. The molecule has 20 heavy (non-hydrogen) atoms. The molecule has 2 fully saturated rings. The third-order valence-electron chi connectivity index (χ3n) is 4.18. The summed E-state index contributed by atoms with van der Waals surface area (Å²) in [5.74, 6) is 0.924. The minimum Gasteiger partial charge on any atom is -0.381 e. The van der Waals surface area contributed by atoms with Gasteiger partial charge in [-0.15, -0.1) is 11.3 Å². The van der Waals surface area contributed by atoms with Crippen molar-refractivity contribution in [1.82, 2.24) is 4.90 Å². The highest BCUT2D eigenvalue weighted by Crippen LogP contribution is 2.29. The fraction of sp³-hybridized carbons (Fsp3) is 0.688. The number of carbonyl (C=O) groups is 1. The van der Waals surface area contributed by atoms with E-state index in [-0.39, 0.29) is 0 Å². The minimum absolute atomic E-state index is 0.357. The van der Waals surface area contributed by atoms with Crippen LogP contribution in [0.5, 0.6) is 0 Å². The molecule has 1 aliphatic carbocycles. The highest BCUT2D eigenvalue weighted by atomic mass is 32.1. The Morgan fingerprint density at radius 1 is 1.40 bits per heavy atom. The van der Waals surface area contributed by atoms with E-state index in [2.05, 4.69) is 22.4 Å². The number of rotatable bonds is 7. The molecule has 0 bridgehead atoms. The van der Waals surface area contributed by atoms with Gasteiger partial charge in [-0.1, -0.05) is 6.07 Å². The molecule has 0 radical (unpaired) electrons. The van der Waals surface area contributed by atoms with Crippen molar-refractivity contribution < 1.29 is 9.53 Å². The molecule has 3 rings (SSSR count). The molecule has 1 aliphatic heterocycles. The molecule has 0 N–H and O–H groups in total. The summed E-state index contributed by atoms with van der Waals surface area (Å²) in [5, 5.41) is 2.10. The molecule has 110 valence electrons. The molecular formula is C16H23NO2S. The van der Waals surface area contributed by atoms with E-state index >= 15 is 0 Å². The summed E-state index contributed by atoms with van der Waals surface area (Å²) in [6.07, 6.45) is 6.22. The normalized spacial score (nSPS) is 22.1. The number of hydrogen-bond acceptors (Lipinski definition) is 3. The van der Waals surface area contributed by atoms with Crippen LogP contribution >= 0.6 is 11.3 Å². The van der Waals surface area contributed by atoms with E-state index < -0.39 is 0 Å². The first-order chi connectivity index (χ1) is 9.83. The highest BCUT2D eigenvalue weighted by Gasteiger charge is 2.34. The van der Waals surface area contributed by atoms with Crippen molar-refractivity contribution in [3.8, 4) is 0 Å². The average molecular weight is 293 g/mol. The van der Waals surface area contributed by atoms with Crippen molar-refractivity contribution in [2.45, 2.75) is 44.6 Å². The van der Waals surface area contributed by atoms with Crippen LogP contribution in [0.1, 0.15) is 37.0 Å². The Hall–Kier alpha value is -0.870. The average Bonchev–Trinajstić information content (AvgIpc) is 2.93. The Kier molecular flexibility index (Phi) is 4.73. The maximum atomic E-state index is 12.4. The fourth-order valence-electron chi connectivity index (χ4n) is 2.86. The SMILES string of the molecule is O=C(CCCc1cccs1)N(C[C@H]1CCOC1)C1CC1. The lowest BCUT2D eigenvalue weighted by molar-refractivity contribution is -0.132. The van der Waals surface area contributed by atoms with Crippen LogP contribution in [-0.2, 0) is 16.0 Å². The predicted molar refractivity (Wildman–Crippen MR) is 80.9 cm³/mol. The van der Waals surface area contributed by atoms with Gasteiger partial charge in [0.05, 0.1) is 6.61 Å². The van der Waals surface area contributed by atoms with Gasteiger partial charge in [0.2, 0.25) is 5.91 Å². The molecule has 1 aromatic heterocycles. The van der Waals surface area contributed by atoms with Gasteiger partial charge in [0.1, 0.15) is 0 Å². The second-order valence-electron chi connectivity index (χ2n) is 5.94. The molecule has 1 saturated carbocycles. The third kappa shape index (κ3) is 3.83. The number of nitrogens with zero attached hydrogens (tertiary/aromatic N) is 1. The van der Waals surface area contributed by atoms with Crippen molar-refractivity contribution in [3.63, 3.8) is 0 Å². The lowest BCUT2D eigenvalue weighted by atomic mass is 10.1. The Bertz CT molecular complexity index is 422. The minimum atomic E-state index is 0.357. The smallest absolute Gasteiger partial charge is 0.222 e. The number of amides is 1. The molecule has 0 aromatic carbocycles. The van der Waals surface area contributed by atoms with Crippen LogP contribution in [-0.4, -0.2) is 36.6 Å². The van der Waals surface area contributed by atoms with E-state index in [9.17, 15) is 4.79 Å². The number of aryl methyl sites for hydroxylation is 1. The van der Waals surface area contributed by atoms with Crippen molar-refractivity contribution in [2.75, 3.05) is 19.8 Å². The monoisotopic (exact) mass is 293 g/mol. The van der Waals surface area contributed by atoms with Crippen LogP contribution in [0.2, 0.25) is 0 Å². The van der Waals surface area contributed by atoms with E-state index in [1.54, 1.807) is 11.3 Å². The third-order valence-corrected chi connectivity index (χ3v) is 5.12. The van der Waals surface area contributed by atoms with Crippen molar-refractivity contribution in [1.29, 1.82) is 0 Å². The van der Waals surface area contributed by atoms with Gasteiger partial charge in [-0.3, -0.25) is 4.79 Å². The summed E-state index contributed by atoms with van der Waals surface area (Å²) >= 11 is 1.79. The summed E-state index contributed by atoms with van der Waals surface area (Å²) in [5.41, 5.74) is 0. The van der Waals surface area contributed by atoms with Gasteiger partial charge in [-0.2, -0.15) is 0 Å². The largest absolute Gasteiger partial charge is 0.381 e. The van der Waals surface area contributed by atoms with Crippen LogP contribution in [0, 0.1) is 5.92 Å². The quantitative estimate of drug-likeness (QED) is 0.773. The maximum Gasteiger partial charge on any atom is 0.222 e. The van der Waals surface area contributed by atoms with Gasteiger partial charge in [0, 0.05) is 36.4 Å². The number of carbonyl (C=O) groups excluding carboxylic acids is 1. The van der Waals surface area contributed by atoms with Crippen LogP contribution in [0.15, 0.2) is 17.5 Å². The molecule has 0 unspecified atom stereocenters. The summed E-state index contributed by atoms with van der Waals surface area (Å²) in [6, 6.07) is 4.77. The van der Waals surface area contributed by atoms with Gasteiger partial charge in [-0.05, 0) is 43.6 Å². The summed E-state index contributed by atoms with van der Waals surface area (Å²) in [7, 11) is 0. The van der Waals surface area contributed by atoms with Gasteiger partial charge in [0.25, 0.3) is 0 Å². The van der Waals surface area contributed by atoms with Crippen LogP contribution in [0.3, 0.4) is 0 Å². The highest BCUT2D eigenvalue weighted by molar-refractivity contribution is 7.09. The Morgan fingerprint density at radius 3 is 2.95 bits per heavy atom. The molecular weight excluding hydrogens is 270 g/mol. The lowest BCUT2D eigenvalue weighted by Gasteiger charge is -2.25. The van der Waals surface area contributed by atoms with Crippen LogP contribution < -0.4 is 0 Å². The predicted octanol–water partition coefficient (Wildman–Crippen LogP) is 3.10. The zero-order valence-electron chi connectivity index (χ0n) is 11.9. The molecule has 4 heteroatoms. The summed E-state index contributed by atoms with van der Waals surface area (Å²) in [4.78, 5) is 16.0. The molecule has 1 atom stereocenters.